The maximum Gasteiger partial charge on any atom is 0.140 e. The molecule has 17 heavy (non-hydrogen) atoms. The molecule has 1 aliphatic rings. The number of nitrogens with two attached hydrogens (primary N) is 1. The number of aryl methyl sites for hydroxylation is 1. The first-order valence-electron chi connectivity index (χ1n) is 6.62. The van der Waals surface area contributed by atoms with Crippen molar-refractivity contribution in [2.75, 3.05) is 26.2 Å². The monoisotopic (exact) mass is 236 g/mol. The summed E-state index contributed by atoms with van der Waals surface area (Å²) in [7, 11) is 0. The Bertz CT molecular complexity index is 352. The van der Waals surface area contributed by atoms with Crippen molar-refractivity contribution >= 4 is 0 Å². The molecular weight excluding hydrogens is 212 g/mol. The van der Waals surface area contributed by atoms with Crippen LogP contribution in [0.2, 0.25) is 0 Å². The lowest BCUT2D eigenvalue weighted by atomic mass is 10.1. The molecule has 1 aromatic rings. The van der Waals surface area contributed by atoms with E-state index in [2.05, 4.69) is 36.5 Å². The summed E-state index contributed by atoms with van der Waals surface area (Å²) in [4.78, 5) is 1.63. The van der Waals surface area contributed by atoms with Crippen molar-refractivity contribution in [1.29, 1.82) is 0 Å². The fourth-order valence-electron chi connectivity index (χ4n) is 2.77. The number of hydrogen-bond donors (Lipinski definition) is 3. The van der Waals surface area contributed by atoms with Crippen molar-refractivity contribution in [2.24, 2.45) is 0 Å². The van der Waals surface area contributed by atoms with Crippen LogP contribution in [-0.4, -0.2) is 37.4 Å². The Labute approximate surface area is 103 Å². The van der Waals surface area contributed by atoms with E-state index in [1.54, 1.807) is 4.90 Å². The molecule has 0 saturated carbocycles. The number of quaternary nitrogens is 2. The highest BCUT2D eigenvalue weighted by molar-refractivity contribution is 5.21. The third-order valence-electron chi connectivity index (χ3n) is 3.69. The predicted octanol–water partition coefficient (Wildman–Crippen LogP) is -1.29. The summed E-state index contributed by atoms with van der Waals surface area (Å²) in [6.45, 7) is 7.13. The number of piperazine rings is 1. The second kappa shape index (κ2) is 6.15. The summed E-state index contributed by atoms with van der Waals surface area (Å²) in [5.41, 5.74) is 2.76. The van der Waals surface area contributed by atoms with Gasteiger partial charge in [0.25, 0.3) is 0 Å². The van der Waals surface area contributed by atoms with Crippen LogP contribution < -0.4 is 10.2 Å². The zero-order valence-electron chi connectivity index (χ0n) is 10.7. The third kappa shape index (κ3) is 3.53. The molecule has 1 fully saturated rings. The summed E-state index contributed by atoms with van der Waals surface area (Å²) >= 11 is 0. The van der Waals surface area contributed by atoms with Gasteiger partial charge in [0.05, 0.1) is 0 Å². The SMILES string of the molecule is Cc1cccc(C[NH+]2CC[NH2+]C[C@@H]2CCO)c1. The smallest absolute Gasteiger partial charge is 0.140 e. The van der Waals surface area contributed by atoms with Gasteiger partial charge in [0.1, 0.15) is 32.2 Å². The fourth-order valence-corrected chi connectivity index (χ4v) is 2.77. The second-order valence-corrected chi connectivity index (χ2v) is 5.10. The second-order valence-electron chi connectivity index (χ2n) is 5.10. The highest BCUT2D eigenvalue weighted by Crippen LogP contribution is 2.02. The van der Waals surface area contributed by atoms with Crippen molar-refractivity contribution in [3.8, 4) is 0 Å². The van der Waals surface area contributed by atoms with Gasteiger partial charge in [0.2, 0.25) is 0 Å². The Kier molecular flexibility index (Phi) is 4.54. The molecule has 1 aliphatic heterocycles. The van der Waals surface area contributed by atoms with E-state index in [0.717, 1.165) is 19.5 Å². The van der Waals surface area contributed by atoms with Gasteiger partial charge in [-0.3, -0.25) is 0 Å². The van der Waals surface area contributed by atoms with Gasteiger partial charge >= 0.3 is 0 Å². The highest BCUT2D eigenvalue weighted by Gasteiger charge is 2.27. The minimum absolute atomic E-state index is 0.315. The summed E-state index contributed by atoms with van der Waals surface area (Å²) in [6, 6.07) is 9.39. The molecule has 2 atom stereocenters. The first-order valence-corrected chi connectivity index (χ1v) is 6.62. The predicted molar refractivity (Wildman–Crippen MR) is 67.9 cm³/mol. The van der Waals surface area contributed by atoms with E-state index in [1.165, 1.54) is 24.2 Å². The molecule has 3 nitrogen and oxygen atoms in total. The molecule has 1 aromatic carbocycles. The van der Waals surface area contributed by atoms with Gasteiger partial charge in [0, 0.05) is 18.6 Å². The number of nitrogens with one attached hydrogen (secondary N) is 1. The van der Waals surface area contributed by atoms with Gasteiger partial charge in [-0.2, -0.15) is 0 Å². The van der Waals surface area contributed by atoms with Gasteiger partial charge in [-0.1, -0.05) is 29.8 Å². The van der Waals surface area contributed by atoms with E-state index in [1.807, 2.05) is 0 Å². The van der Waals surface area contributed by atoms with Crippen LogP contribution >= 0.6 is 0 Å². The summed E-state index contributed by atoms with van der Waals surface area (Å²) in [5, 5.41) is 11.5. The van der Waals surface area contributed by atoms with E-state index in [0.29, 0.717) is 12.6 Å². The Morgan fingerprint density at radius 1 is 1.47 bits per heavy atom. The number of benzene rings is 1. The molecule has 3 heteroatoms. The van der Waals surface area contributed by atoms with Crippen LogP contribution in [0, 0.1) is 6.92 Å². The van der Waals surface area contributed by atoms with E-state index >= 15 is 0 Å². The third-order valence-corrected chi connectivity index (χ3v) is 3.69. The molecule has 2 rings (SSSR count). The summed E-state index contributed by atoms with van der Waals surface area (Å²) < 4.78 is 0. The van der Waals surface area contributed by atoms with Gasteiger partial charge in [0.15, 0.2) is 0 Å². The minimum Gasteiger partial charge on any atom is -0.396 e. The zero-order chi connectivity index (χ0) is 12.1. The quantitative estimate of drug-likeness (QED) is 0.598. The molecule has 0 radical (unpaired) electrons. The Hall–Kier alpha value is -0.900. The molecule has 0 bridgehead atoms. The minimum atomic E-state index is 0.315. The van der Waals surface area contributed by atoms with Gasteiger partial charge in [-0.25, -0.2) is 0 Å². The van der Waals surface area contributed by atoms with E-state index in [4.69, 9.17) is 5.11 Å². The van der Waals surface area contributed by atoms with E-state index < -0.39 is 0 Å². The van der Waals surface area contributed by atoms with Gasteiger partial charge in [-0.15, -0.1) is 0 Å². The van der Waals surface area contributed by atoms with Crippen LogP contribution in [0.4, 0.5) is 0 Å². The van der Waals surface area contributed by atoms with Gasteiger partial charge < -0.3 is 15.3 Å². The van der Waals surface area contributed by atoms with Crippen molar-refractivity contribution in [3.63, 3.8) is 0 Å². The molecule has 0 spiro atoms. The topological polar surface area (TPSA) is 41.3 Å². The molecule has 4 N–H and O–H groups in total. The largest absolute Gasteiger partial charge is 0.396 e. The van der Waals surface area contributed by atoms with Gasteiger partial charge in [-0.05, 0) is 6.92 Å². The standard InChI is InChI=1S/C14H22N2O/c1-12-3-2-4-13(9-12)11-16-7-6-15-10-14(16)5-8-17/h2-4,9,14-15,17H,5-8,10-11H2,1H3/p+2/t14-/m0/s1. The molecule has 0 aromatic heterocycles. The molecule has 1 unspecified atom stereocenters. The van der Waals surface area contributed by atoms with Crippen LogP contribution in [0.5, 0.6) is 0 Å². The maximum absolute atomic E-state index is 9.12. The molecule has 94 valence electrons. The average molecular weight is 236 g/mol. The van der Waals surface area contributed by atoms with Crippen LogP contribution in [0.25, 0.3) is 0 Å². The van der Waals surface area contributed by atoms with Crippen molar-refractivity contribution < 1.29 is 15.3 Å². The molecular formula is C14H24N2O+2. The van der Waals surface area contributed by atoms with Crippen molar-refractivity contribution in [1.82, 2.24) is 0 Å². The molecule has 0 aliphatic carbocycles. The highest BCUT2D eigenvalue weighted by atomic mass is 16.3. The van der Waals surface area contributed by atoms with E-state index in [9.17, 15) is 0 Å². The van der Waals surface area contributed by atoms with Crippen molar-refractivity contribution in [2.45, 2.75) is 25.9 Å². The van der Waals surface area contributed by atoms with Crippen molar-refractivity contribution in [3.05, 3.63) is 35.4 Å². The Morgan fingerprint density at radius 3 is 3.12 bits per heavy atom. The molecule has 1 saturated heterocycles. The van der Waals surface area contributed by atoms with E-state index in [-0.39, 0.29) is 0 Å². The Morgan fingerprint density at radius 2 is 2.35 bits per heavy atom. The molecule has 1 heterocycles. The van der Waals surface area contributed by atoms with Crippen LogP contribution in [0.3, 0.4) is 0 Å². The number of hydrogen-bond acceptors (Lipinski definition) is 1. The number of aliphatic hydroxyl groups is 1. The lowest BCUT2D eigenvalue weighted by molar-refractivity contribution is -0.982. The number of rotatable bonds is 4. The van der Waals surface area contributed by atoms with Crippen LogP contribution in [0.1, 0.15) is 17.5 Å². The zero-order valence-corrected chi connectivity index (χ0v) is 10.7. The summed E-state index contributed by atoms with van der Waals surface area (Å²) in [6.07, 6.45) is 0.928. The first kappa shape index (κ1) is 12.6. The first-order chi connectivity index (χ1) is 8.29. The lowest BCUT2D eigenvalue weighted by Crippen LogP contribution is -3.23. The maximum atomic E-state index is 9.12. The normalized spacial score (nSPS) is 24.8. The van der Waals surface area contributed by atoms with Crippen LogP contribution in [-0.2, 0) is 6.54 Å². The lowest BCUT2D eigenvalue weighted by Gasteiger charge is -2.30. The summed E-state index contributed by atoms with van der Waals surface area (Å²) in [5.74, 6) is 0. The van der Waals surface area contributed by atoms with Crippen LogP contribution in [0.15, 0.2) is 24.3 Å². The fraction of sp³-hybridized carbons (Fsp3) is 0.571. The average Bonchev–Trinajstić information content (AvgIpc) is 2.32. The Balaban J connectivity index is 2.00. The molecule has 0 amide bonds. The number of aliphatic hydroxyl groups excluding tert-OH is 1.